The minimum atomic E-state index is -3.17. The van der Waals surface area contributed by atoms with E-state index in [4.69, 9.17) is 4.74 Å². The number of unbranched alkanes of at least 4 members (excludes halogenated alkanes) is 1. The molecule has 0 saturated carbocycles. The van der Waals surface area contributed by atoms with Crippen molar-refractivity contribution in [2.45, 2.75) is 18.6 Å². The molecule has 0 aliphatic carbocycles. The van der Waals surface area contributed by atoms with E-state index in [1.807, 2.05) is 24.3 Å². The van der Waals surface area contributed by atoms with Crippen LogP contribution in [0.25, 0.3) is 0 Å². The van der Waals surface area contributed by atoms with E-state index in [1.165, 1.54) is 0 Å². The van der Waals surface area contributed by atoms with Crippen LogP contribution in [0.15, 0.2) is 60.7 Å². The molecule has 0 unspecified atom stereocenters. The molecule has 128 valence electrons. The van der Waals surface area contributed by atoms with Crippen molar-refractivity contribution in [3.63, 3.8) is 0 Å². The topological polar surface area (TPSA) is 60.4 Å². The highest BCUT2D eigenvalue weighted by molar-refractivity contribution is 8.71. The number of carbonyl (C=O) groups excluding carboxylic acids is 1. The van der Waals surface area contributed by atoms with E-state index in [9.17, 15) is 13.2 Å². The Kier molecular flexibility index (Phi) is 7.34. The maximum absolute atomic E-state index is 12.0. The van der Waals surface area contributed by atoms with Crippen molar-refractivity contribution in [3.8, 4) is 0 Å². The second-order valence-electron chi connectivity index (χ2n) is 5.22. The summed E-state index contributed by atoms with van der Waals surface area (Å²) in [5, 5.41) is 0. The van der Waals surface area contributed by atoms with Gasteiger partial charge in [0.1, 0.15) is 0 Å². The maximum Gasteiger partial charge on any atom is 0.338 e. The van der Waals surface area contributed by atoms with Gasteiger partial charge in [-0.1, -0.05) is 48.5 Å². The van der Waals surface area contributed by atoms with Crippen LogP contribution >= 0.6 is 10.8 Å². The third kappa shape index (κ3) is 6.76. The van der Waals surface area contributed by atoms with Crippen LogP contribution in [0, 0.1) is 0 Å². The fourth-order valence-electron chi connectivity index (χ4n) is 2.03. The second-order valence-corrected chi connectivity index (χ2v) is 9.50. The molecule has 4 nitrogen and oxygen atoms in total. The summed E-state index contributed by atoms with van der Waals surface area (Å²) in [6, 6.07) is 17.9. The molecule has 2 aromatic rings. The summed E-state index contributed by atoms with van der Waals surface area (Å²) >= 11 is 0. The van der Waals surface area contributed by atoms with Crippen LogP contribution in [0.2, 0.25) is 0 Å². The normalized spacial score (nSPS) is 11.2. The van der Waals surface area contributed by atoms with Crippen LogP contribution in [-0.4, -0.2) is 26.7 Å². The van der Waals surface area contributed by atoms with Crippen molar-refractivity contribution >= 4 is 25.6 Å². The van der Waals surface area contributed by atoms with Gasteiger partial charge in [-0.3, -0.25) is 0 Å². The molecule has 0 radical (unpaired) electrons. The molecule has 0 fully saturated rings. The molecule has 6 heteroatoms. The van der Waals surface area contributed by atoms with Gasteiger partial charge in [0.05, 0.1) is 17.9 Å². The van der Waals surface area contributed by atoms with Gasteiger partial charge >= 0.3 is 5.97 Å². The first-order valence-electron chi connectivity index (χ1n) is 7.70. The van der Waals surface area contributed by atoms with E-state index in [-0.39, 0.29) is 11.7 Å². The van der Waals surface area contributed by atoms with Gasteiger partial charge in [0.25, 0.3) is 0 Å². The molecule has 0 bridgehead atoms. The van der Waals surface area contributed by atoms with Gasteiger partial charge in [-0.05, 0) is 41.3 Å². The Morgan fingerprint density at radius 1 is 0.917 bits per heavy atom. The van der Waals surface area contributed by atoms with Crippen molar-refractivity contribution in [2.24, 2.45) is 0 Å². The summed E-state index contributed by atoms with van der Waals surface area (Å²) in [4.78, 5) is 11.7. The summed E-state index contributed by atoms with van der Waals surface area (Å²) in [7, 11) is -2.21. The number of rotatable bonds is 9. The van der Waals surface area contributed by atoms with Crippen molar-refractivity contribution in [3.05, 3.63) is 71.8 Å². The Bertz CT molecular complexity index is 728. The first kappa shape index (κ1) is 18.5. The lowest BCUT2D eigenvalue weighted by Gasteiger charge is -2.06. The molecular weight excluding hydrogens is 344 g/mol. The maximum atomic E-state index is 12.0. The summed E-state index contributed by atoms with van der Waals surface area (Å²) in [5.41, 5.74) is 1.32. The third-order valence-electron chi connectivity index (χ3n) is 3.23. The molecule has 0 saturated heterocycles. The fraction of sp³-hybridized carbons (Fsp3) is 0.278. The predicted octanol–water partition coefficient (Wildman–Crippen LogP) is 3.89. The van der Waals surface area contributed by atoms with E-state index >= 15 is 0 Å². The summed E-state index contributed by atoms with van der Waals surface area (Å²) in [6.07, 6.45) is 1.33. The molecule has 0 spiro atoms. The highest BCUT2D eigenvalue weighted by atomic mass is 33.1. The fourth-order valence-corrected chi connectivity index (χ4v) is 5.07. The predicted molar refractivity (Wildman–Crippen MR) is 97.5 cm³/mol. The second kappa shape index (κ2) is 9.49. The zero-order chi connectivity index (χ0) is 17.3. The van der Waals surface area contributed by atoms with E-state index in [0.717, 1.165) is 16.4 Å². The van der Waals surface area contributed by atoms with Crippen LogP contribution < -0.4 is 0 Å². The van der Waals surface area contributed by atoms with Crippen LogP contribution in [0.1, 0.15) is 28.8 Å². The standard InChI is InChI=1S/C18H20O4S2/c19-18(17-11-5-2-6-12-17)22-13-7-8-14-23-24(20,21)15-16-9-3-1-4-10-16/h1-6,9-12H,7-8,13-15H2. The van der Waals surface area contributed by atoms with Crippen LogP contribution in [-0.2, 0) is 19.4 Å². The molecule has 0 aromatic heterocycles. The lowest BCUT2D eigenvalue weighted by Crippen LogP contribution is -2.06. The van der Waals surface area contributed by atoms with E-state index in [0.29, 0.717) is 30.8 Å². The number of ether oxygens (including phenoxy) is 1. The summed E-state index contributed by atoms with van der Waals surface area (Å²) in [6.45, 7) is 0.299. The average Bonchev–Trinajstić information content (AvgIpc) is 2.59. The van der Waals surface area contributed by atoms with Crippen LogP contribution in [0.5, 0.6) is 0 Å². The van der Waals surface area contributed by atoms with Crippen LogP contribution in [0.3, 0.4) is 0 Å². The molecule has 0 amide bonds. The van der Waals surface area contributed by atoms with Gasteiger partial charge in [0, 0.05) is 5.75 Å². The number of hydrogen-bond donors (Lipinski definition) is 0. The molecular formula is C18H20O4S2. The average molecular weight is 364 g/mol. The van der Waals surface area contributed by atoms with E-state index in [1.54, 1.807) is 36.4 Å². The summed E-state index contributed by atoms with van der Waals surface area (Å²) < 4.78 is 29.2. The zero-order valence-electron chi connectivity index (χ0n) is 13.3. The Hall–Kier alpha value is -1.79. The molecule has 0 heterocycles. The van der Waals surface area contributed by atoms with E-state index in [2.05, 4.69) is 0 Å². The first-order chi connectivity index (χ1) is 11.6. The molecule has 2 aromatic carbocycles. The largest absolute Gasteiger partial charge is 0.462 e. The Morgan fingerprint density at radius 2 is 1.54 bits per heavy atom. The molecule has 2 rings (SSSR count). The molecule has 0 aliphatic rings. The van der Waals surface area contributed by atoms with Gasteiger partial charge in [-0.25, -0.2) is 13.2 Å². The van der Waals surface area contributed by atoms with Crippen LogP contribution in [0.4, 0.5) is 0 Å². The third-order valence-corrected chi connectivity index (χ3v) is 6.66. The number of hydrogen-bond acceptors (Lipinski definition) is 5. The highest BCUT2D eigenvalue weighted by Gasteiger charge is 2.12. The number of benzene rings is 2. The van der Waals surface area contributed by atoms with Gasteiger partial charge < -0.3 is 4.74 Å². The van der Waals surface area contributed by atoms with Crippen molar-refractivity contribution < 1.29 is 17.9 Å². The van der Waals surface area contributed by atoms with Crippen molar-refractivity contribution in [2.75, 3.05) is 12.4 Å². The summed E-state index contributed by atoms with van der Waals surface area (Å²) in [5.74, 6) is 0.194. The lowest BCUT2D eigenvalue weighted by atomic mass is 10.2. The van der Waals surface area contributed by atoms with Gasteiger partial charge in [0.15, 0.2) is 0 Å². The zero-order valence-corrected chi connectivity index (χ0v) is 14.9. The molecule has 24 heavy (non-hydrogen) atoms. The van der Waals surface area contributed by atoms with E-state index < -0.39 is 8.87 Å². The molecule has 0 atom stereocenters. The number of esters is 1. The van der Waals surface area contributed by atoms with Gasteiger partial charge in [0.2, 0.25) is 8.87 Å². The highest BCUT2D eigenvalue weighted by Crippen LogP contribution is 2.19. The lowest BCUT2D eigenvalue weighted by molar-refractivity contribution is 0.0500. The Labute approximate surface area is 146 Å². The quantitative estimate of drug-likeness (QED) is 0.384. The smallest absolute Gasteiger partial charge is 0.338 e. The Balaban J connectivity index is 1.62. The van der Waals surface area contributed by atoms with Crippen molar-refractivity contribution in [1.82, 2.24) is 0 Å². The first-order valence-corrected chi connectivity index (χ1v) is 10.9. The Morgan fingerprint density at radius 3 is 2.21 bits per heavy atom. The SMILES string of the molecule is O=C(OCCCCSS(=O)(=O)Cc1ccccc1)c1ccccc1. The minimum absolute atomic E-state index is 0.0432. The van der Waals surface area contributed by atoms with Crippen molar-refractivity contribution in [1.29, 1.82) is 0 Å². The molecule has 0 N–H and O–H groups in total. The minimum Gasteiger partial charge on any atom is -0.462 e. The number of carbonyl (C=O) groups is 1. The molecule has 0 aliphatic heterocycles. The van der Waals surface area contributed by atoms with Gasteiger partial charge in [-0.2, -0.15) is 0 Å². The van der Waals surface area contributed by atoms with Gasteiger partial charge in [-0.15, -0.1) is 0 Å². The monoisotopic (exact) mass is 364 g/mol.